The first-order chi connectivity index (χ1) is 13.0. The molecule has 144 valence electrons. The number of rotatable bonds is 8. The first-order valence-corrected chi connectivity index (χ1v) is 9.63. The molecule has 4 nitrogen and oxygen atoms in total. The molecule has 27 heavy (non-hydrogen) atoms. The van der Waals surface area contributed by atoms with Crippen molar-refractivity contribution in [2.24, 2.45) is 0 Å². The molecular formula is C23H30N2O2. The Balaban J connectivity index is 2.29. The van der Waals surface area contributed by atoms with Gasteiger partial charge in [0.05, 0.1) is 6.42 Å². The van der Waals surface area contributed by atoms with Gasteiger partial charge in [0.15, 0.2) is 0 Å². The zero-order valence-electron chi connectivity index (χ0n) is 16.8. The van der Waals surface area contributed by atoms with Crippen molar-refractivity contribution in [3.8, 4) is 0 Å². The van der Waals surface area contributed by atoms with Gasteiger partial charge in [-0.1, -0.05) is 61.0 Å². The lowest BCUT2D eigenvalue weighted by Gasteiger charge is -2.31. The van der Waals surface area contributed by atoms with Gasteiger partial charge in [-0.2, -0.15) is 0 Å². The topological polar surface area (TPSA) is 49.4 Å². The van der Waals surface area contributed by atoms with Gasteiger partial charge in [0.25, 0.3) is 0 Å². The number of nitrogens with zero attached hydrogens (tertiary/aromatic N) is 1. The molecular weight excluding hydrogens is 336 g/mol. The van der Waals surface area contributed by atoms with Crippen LogP contribution >= 0.6 is 0 Å². The van der Waals surface area contributed by atoms with Gasteiger partial charge in [0, 0.05) is 13.1 Å². The maximum Gasteiger partial charge on any atom is 0.242 e. The molecule has 2 amide bonds. The fraction of sp³-hybridized carbons (Fsp3) is 0.391. The molecule has 0 bridgehead atoms. The molecule has 0 aliphatic heterocycles. The predicted octanol–water partition coefficient (Wildman–Crippen LogP) is 3.79. The molecule has 0 spiro atoms. The summed E-state index contributed by atoms with van der Waals surface area (Å²) in [6, 6.07) is 15.5. The van der Waals surface area contributed by atoms with Crippen LogP contribution in [0.3, 0.4) is 0 Å². The highest BCUT2D eigenvalue weighted by Crippen LogP contribution is 2.17. The summed E-state index contributed by atoms with van der Waals surface area (Å²) in [6.45, 7) is 8.89. The maximum absolute atomic E-state index is 13.2. The molecule has 2 aromatic rings. The highest BCUT2D eigenvalue weighted by atomic mass is 16.2. The van der Waals surface area contributed by atoms with E-state index in [1.54, 1.807) is 4.90 Å². The van der Waals surface area contributed by atoms with Crippen molar-refractivity contribution >= 4 is 11.8 Å². The average Bonchev–Trinajstić information content (AvgIpc) is 2.65. The number of likely N-dealkylation sites (N-methyl/N-ethyl adjacent to an activating group) is 1. The van der Waals surface area contributed by atoms with Crippen molar-refractivity contribution in [3.63, 3.8) is 0 Å². The van der Waals surface area contributed by atoms with E-state index in [0.29, 0.717) is 25.9 Å². The molecule has 4 heteroatoms. The van der Waals surface area contributed by atoms with Crippen molar-refractivity contribution in [3.05, 3.63) is 70.8 Å². The summed E-state index contributed by atoms with van der Waals surface area (Å²) >= 11 is 0. The Morgan fingerprint density at radius 1 is 1.00 bits per heavy atom. The molecule has 0 saturated carbocycles. The van der Waals surface area contributed by atoms with Crippen LogP contribution in [0.25, 0.3) is 0 Å². The fourth-order valence-electron chi connectivity index (χ4n) is 3.16. The minimum absolute atomic E-state index is 0.0276. The van der Waals surface area contributed by atoms with Crippen molar-refractivity contribution in [2.45, 2.75) is 53.1 Å². The van der Waals surface area contributed by atoms with Crippen LogP contribution in [0.2, 0.25) is 0 Å². The SMILES string of the molecule is CCNC(=O)C(CC)N(Cc1ccccc1C)C(=O)Cc1ccc(C)cc1. The quantitative estimate of drug-likeness (QED) is 0.773. The molecule has 0 aromatic heterocycles. The van der Waals surface area contributed by atoms with E-state index in [0.717, 1.165) is 22.3 Å². The molecule has 1 N–H and O–H groups in total. The van der Waals surface area contributed by atoms with Crippen molar-refractivity contribution < 1.29 is 9.59 Å². The van der Waals surface area contributed by atoms with Crippen molar-refractivity contribution in [1.82, 2.24) is 10.2 Å². The van der Waals surface area contributed by atoms with Gasteiger partial charge >= 0.3 is 0 Å². The number of hydrogen-bond donors (Lipinski definition) is 1. The molecule has 0 aliphatic rings. The molecule has 1 atom stereocenters. The van der Waals surface area contributed by atoms with Gasteiger partial charge in [-0.25, -0.2) is 0 Å². The Kier molecular flexibility index (Phi) is 7.59. The number of hydrogen-bond acceptors (Lipinski definition) is 2. The highest BCUT2D eigenvalue weighted by Gasteiger charge is 2.28. The molecule has 2 aromatic carbocycles. The number of carbonyl (C=O) groups excluding carboxylic acids is 2. The maximum atomic E-state index is 13.2. The Bertz CT molecular complexity index is 768. The second-order valence-corrected chi connectivity index (χ2v) is 6.93. The summed E-state index contributed by atoms with van der Waals surface area (Å²) in [5.74, 6) is -0.119. The number of carbonyl (C=O) groups is 2. The lowest BCUT2D eigenvalue weighted by molar-refractivity contribution is -0.140. The van der Waals surface area contributed by atoms with E-state index < -0.39 is 6.04 Å². The summed E-state index contributed by atoms with van der Waals surface area (Å²) in [7, 11) is 0. The summed E-state index contributed by atoms with van der Waals surface area (Å²) in [5, 5.41) is 2.87. The zero-order chi connectivity index (χ0) is 19.8. The van der Waals surface area contributed by atoms with Crippen LogP contribution in [0, 0.1) is 13.8 Å². The van der Waals surface area contributed by atoms with Gasteiger partial charge in [-0.3, -0.25) is 9.59 Å². The van der Waals surface area contributed by atoms with Crippen LogP contribution in [0.5, 0.6) is 0 Å². The molecule has 0 radical (unpaired) electrons. The van der Waals surface area contributed by atoms with Gasteiger partial charge in [-0.15, -0.1) is 0 Å². The minimum atomic E-state index is -0.470. The van der Waals surface area contributed by atoms with E-state index in [-0.39, 0.29) is 11.8 Å². The highest BCUT2D eigenvalue weighted by molar-refractivity contribution is 5.88. The molecule has 0 fully saturated rings. The third-order valence-corrected chi connectivity index (χ3v) is 4.81. The van der Waals surface area contributed by atoms with Gasteiger partial charge < -0.3 is 10.2 Å². The van der Waals surface area contributed by atoms with E-state index in [9.17, 15) is 9.59 Å². The smallest absolute Gasteiger partial charge is 0.242 e. The molecule has 2 rings (SSSR count). The van der Waals surface area contributed by atoms with Crippen molar-refractivity contribution in [2.75, 3.05) is 6.54 Å². The van der Waals surface area contributed by atoms with Gasteiger partial charge in [0.2, 0.25) is 11.8 Å². The molecule has 0 heterocycles. The van der Waals surface area contributed by atoms with Gasteiger partial charge in [0.1, 0.15) is 6.04 Å². The van der Waals surface area contributed by atoms with Crippen LogP contribution < -0.4 is 5.32 Å². The largest absolute Gasteiger partial charge is 0.355 e. The van der Waals surface area contributed by atoms with E-state index in [1.807, 2.05) is 76.2 Å². The van der Waals surface area contributed by atoms with Crippen LogP contribution in [0.15, 0.2) is 48.5 Å². The summed E-state index contributed by atoms with van der Waals surface area (Å²) in [4.78, 5) is 27.5. The summed E-state index contributed by atoms with van der Waals surface area (Å²) in [6.07, 6.45) is 0.874. The molecule has 1 unspecified atom stereocenters. The predicted molar refractivity (Wildman–Crippen MR) is 109 cm³/mol. The number of aryl methyl sites for hydroxylation is 2. The first kappa shape index (κ1) is 20.7. The lowest BCUT2D eigenvalue weighted by atomic mass is 10.0. The monoisotopic (exact) mass is 366 g/mol. The Morgan fingerprint density at radius 3 is 2.26 bits per heavy atom. The Labute approximate surface area is 162 Å². The van der Waals surface area contributed by atoms with E-state index >= 15 is 0 Å². The third-order valence-electron chi connectivity index (χ3n) is 4.81. The van der Waals surface area contributed by atoms with Crippen LogP contribution in [-0.4, -0.2) is 29.3 Å². The summed E-state index contributed by atoms with van der Waals surface area (Å²) in [5.41, 5.74) is 4.32. The summed E-state index contributed by atoms with van der Waals surface area (Å²) < 4.78 is 0. The zero-order valence-corrected chi connectivity index (χ0v) is 16.8. The standard InChI is InChI=1S/C23H30N2O2/c1-5-21(23(27)24-6-2)25(16-20-10-8-7-9-18(20)4)22(26)15-19-13-11-17(3)12-14-19/h7-14,21H,5-6,15-16H2,1-4H3,(H,24,27). The molecule has 0 aliphatic carbocycles. The van der Waals surface area contributed by atoms with Crippen LogP contribution in [0.1, 0.15) is 42.5 Å². The van der Waals surface area contributed by atoms with Crippen LogP contribution in [-0.2, 0) is 22.6 Å². The van der Waals surface area contributed by atoms with Gasteiger partial charge in [-0.05, 0) is 43.9 Å². The lowest BCUT2D eigenvalue weighted by Crippen LogP contribution is -2.49. The van der Waals surface area contributed by atoms with E-state index in [1.165, 1.54) is 0 Å². The second-order valence-electron chi connectivity index (χ2n) is 6.93. The second kappa shape index (κ2) is 9.91. The van der Waals surface area contributed by atoms with E-state index in [4.69, 9.17) is 0 Å². The number of nitrogens with one attached hydrogen (secondary N) is 1. The average molecular weight is 367 g/mol. The van der Waals surface area contributed by atoms with Crippen molar-refractivity contribution in [1.29, 1.82) is 0 Å². The van der Waals surface area contributed by atoms with E-state index in [2.05, 4.69) is 5.32 Å². The number of amides is 2. The Morgan fingerprint density at radius 2 is 1.67 bits per heavy atom. The van der Waals surface area contributed by atoms with Crippen LogP contribution in [0.4, 0.5) is 0 Å². The third kappa shape index (κ3) is 5.68. The number of benzene rings is 2. The normalized spacial score (nSPS) is 11.7. The minimum Gasteiger partial charge on any atom is -0.355 e. The molecule has 0 saturated heterocycles. The fourth-order valence-corrected chi connectivity index (χ4v) is 3.16. The Hall–Kier alpha value is -2.62. The first-order valence-electron chi connectivity index (χ1n) is 9.63.